The molecule has 1 heterocycles. The Kier molecular flexibility index (Phi) is 5.83. The van der Waals surface area contributed by atoms with Crippen LogP contribution in [0.25, 0.3) is 0 Å². The van der Waals surface area contributed by atoms with Crippen LogP contribution < -0.4 is 10.2 Å². The van der Waals surface area contributed by atoms with E-state index in [4.69, 9.17) is 0 Å². The van der Waals surface area contributed by atoms with Gasteiger partial charge in [-0.25, -0.2) is 0 Å². The third-order valence-electron chi connectivity index (χ3n) is 3.94. The van der Waals surface area contributed by atoms with Crippen LogP contribution in [0, 0.1) is 0 Å². The van der Waals surface area contributed by atoms with Crippen molar-refractivity contribution in [2.75, 3.05) is 25.0 Å². The van der Waals surface area contributed by atoms with Gasteiger partial charge in [0, 0.05) is 5.69 Å². The van der Waals surface area contributed by atoms with Gasteiger partial charge in [-0.15, -0.1) is 0 Å². The molecule has 0 saturated carbocycles. The molecule has 1 aromatic carbocycles. The van der Waals surface area contributed by atoms with Crippen LogP contribution in [-0.2, 0) is 11.0 Å². The number of hydrogen-bond acceptors (Lipinski definition) is 1. The van der Waals surface area contributed by atoms with Gasteiger partial charge in [0.25, 0.3) is 5.91 Å². The molecule has 1 aromatic rings. The third kappa shape index (κ3) is 5.33. The molecule has 1 aliphatic rings. The van der Waals surface area contributed by atoms with Gasteiger partial charge in [0.1, 0.15) is 0 Å². The topological polar surface area (TPSA) is 33.5 Å². The summed E-state index contributed by atoms with van der Waals surface area (Å²) in [7, 11) is 0. The lowest BCUT2D eigenvalue weighted by molar-refractivity contribution is -0.892. The van der Waals surface area contributed by atoms with Gasteiger partial charge in [0.15, 0.2) is 6.54 Å². The van der Waals surface area contributed by atoms with Crippen LogP contribution in [-0.4, -0.2) is 25.5 Å². The third-order valence-corrected chi connectivity index (χ3v) is 3.94. The van der Waals surface area contributed by atoms with E-state index in [1.165, 1.54) is 36.3 Å². The zero-order valence-electron chi connectivity index (χ0n) is 12.5. The number of carbonyl (C=O) groups excluding carboxylic acids is 1. The highest BCUT2D eigenvalue weighted by atomic mass is 19.4. The van der Waals surface area contributed by atoms with Crippen molar-refractivity contribution in [2.24, 2.45) is 0 Å². The highest BCUT2D eigenvalue weighted by molar-refractivity contribution is 5.91. The molecule has 3 nitrogen and oxygen atoms in total. The summed E-state index contributed by atoms with van der Waals surface area (Å²) in [5.74, 6) is -0.227. The Morgan fingerprint density at radius 1 is 1.09 bits per heavy atom. The smallest absolute Gasteiger partial charge is 0.327 e. The van der Waals surface area contributed by atoms with Gasteiger partial charge in [0.05, 0.1) is 18.7 Å². The quantitative estimate of drug-likeness (QED) is 0.883. The molecule has 1 amide bonds. The zero-order valence-corrected chi connectivity index (χ0v) is 12.5. The molecule has 2 N–H and O–H groups in total. The van der Waals surface area contributed by atoms with E-state index in [2.05, 4.69) is 5.32 Å². The number of benzene rings is 1. The number of nitrogens with one attached hydrogen (secondary N) is 2. The predicted octanol–water partition coefficient (Wildman–Crippen LogP) is 2.49. The number of likely N-dealkylation sites (tertiary alicyclic amines) is 1. The molecule has 0 spiro atoms. The molecule has 0 aliphatic carbocycles. The first-order valence-corrected chi connectivity index (χ1v) is 7.76. The van der Waals surface area contributed by atoms with Crippen molar-refractivity contribution in [2.45, 2.75) is 38.3 Å². The molecule has 0 unspecified atom stereocenters. The van der Waals surface area contributed by atoms with Crippen molar-refractivity contribution < 1.29 is 22.9 Å². The first-order chi connectivity index (χ1) is 10.4. The summed E-state index contributed by atoms with van der Waals surface area (Å²) in [4.78, 5) is 13.2. The van der Waals surface area contributed by atoms with Crippen molar-refractivity contribution >= 4 is 11.6 Å². The lowest BCUT2D eigenvalue weighted by Gasteiger charge is -2.21. The Labute approximate surface area is 128 Å². The molecule has 6 heteroatoms. The Bertz CT molecular complexity index is 494. The lowest BCUT2D eigenvalue weighted by Crippen LogP contribution is -3.13. The second-order valence-electron chi connectivity index (χ2n) is 5.82. The minimum Gasteiger partial charge on any atom is -0.327 e. The highest BCUT2D eigenvalue weighted by Gasteiger charge is 2.30. The normalized spacial score (nSPS) is 17.6. The number of anilines is 1. The van der Waals surface area contributed by atoms with Crippen LogP contribution in [0.5, 0.6) is 0 Å². The number of alkyl halides is 3. The molecule has 122 valence electrons. The number of halogens is 3. The summed E-state index contributed by atoms with van der Waals surface area (Å²) in [5, 5.41) is 2.58. The van der Waals surface area contributed by atoms with E-state index < -0.39 is 11.7 Å². The van der Waals surface area contributed by atoms with Gasteiger partial charge >= 0.3 is 6.18 Å². The van der Waals surface area contributed by atoms with E-state index >= 15 is 0 Å². The second kappa shape index (κ2) is 7.63. The maximum Gasteiger partial charge on any atom is 0.416 e. The monoisotopic (exact) mass is 315 g/mol. The first-order valence-electron chi connectivity index (χ1n) is 7.76. The van der Waals surface area contributed by atoms with Crippen LogP contribution in [0.2, 0.25) is 0 Å². The highest BCUT2D eigenvalue weighted by Crippen LogP contribution is 2.30. The van der Waals surface area contributed by atoms with Gasteiger partial charge in [0.2, 0.25) is 0 Å². The molecule has 1 fully saturated rings. The molecule has 0 bridgehead atoms. The van der Waals surface area contributed by atoms with E-state index in [0.29, 0.717) is 6.54 Å². The molecule has 0 aromatic heterocycles. The molecule has 2 rings (SSSR count). The first kappa shape index (κ1) is 16.8. The molecule has 1 aliphatic heterocycles. The van der Waals surface area contributed by atoms with Crippen molar-refractivity contribution in [1.29, 1.82) is 0 Å². The van der Waals surface area contributed by atoms with E-state index in [9.17, 15) is 18.0 Å². The molecule has 0 radical (unpaired) electrons. The summed E-state index contributed by atoms with van der Waals surface area (Å²) < 4.78 is 37.9. The van der Waals surface area contributed by atoms with E-state index in [0.717, 1.165) is 38.1 Å². The minimum absolute atomic E-state index is 0.200. The Morgan fingerprint density at radius 3 is 2.36 bits per heavy atom. The van der Waals surface area contributed by atoms with Crippen molar-refractivity contribution in [3.05, 3.63) is 29.8 Å². The molecule has 0 atom stereocenters. The second-order valence-corrected chi connectivity index (χ2v) is 5.82. The maximum absolute atomic E-state index is 12.6. The van der Waals surface area contributed by atoms with Crippen LogP contribution in [0.15, 0.2) is 24.3 Å². The summed E-state index contributed by atoms with van der Waals surface area (Å²) in [6.45, 7) is 2.22. The lowest BCUT2D eigenvalue weighted by atomic mass is 10.1. The van der Waals surface area contributed by atoms with Crippen LogP contribution in [0.3, 0.4) is 0 Å². The summed E-state index contributed by atoms with van der Waals surface area (Å²) in [6.07, 6.45) is 1.45. The Balaban J connectivity index is 1.91. The SMILES string of the molecule is O=C(C[NH+]1CCCCCCC1)Nc1cccc(C(F)(F)F)c1. The number of carbonyl (C=O) groups is 1. The standard InChI is InChI=1S/C16H21F3N2O/c17-16(18,19)13-7-6-8-14(11-13)20-15(22)12-21-9-4-2-1-3-5-10-21/h6-8,11H,1-5,9-10,12H2,(H,20,22)/p+1. The maximum atomic E-state index is 12.6. The molecule has 1 saturated heterocycles. The fourth-order valence-corrected chi connectivity index (χ4v) is 2.79. The number of rotatable bonds is 3. The largest absolute Gasteiger partial charge is 0.416 e. The number of hydrogen-bond donors (Lipinski definition) is 2. The average molecular weight is 315 g/mol. The van der Waals surface area contributed by atoms with Crippen LogP contribution in [0.4, 0.5) is 18.9 Å². The average Bonchev–Trinajstić information content (AvgIpc) is 2.41. The molecular formula is C16H22F3N2O+. The summed E-state index contributed by atoms with van der Waals surface area (Å²) in [6, 6.07) is 4.76. The Morgan fingerprint density at radius 2 is 1.73 bits per heavy atom. The van der Waals surface area contributed by atoms with Crippen LogP contribution in [0.1, 0.15) is 37.7 Å². The van der Waals surface area contributed by atoms with Crippen molar-refractivity contribution in [3.63, 3.8) is 0 Å². The van der Waals surface area contributed by atoms with E-state index in [1.807, 2.05) is 0 Å². The molecule has 22 heavy (non-hydrogen) atoms. The zero-order chi connectivity index (χ0) is 16.0. The van der Waals surface area contributed by atoms with Gasteiger partial charge in [-0.1, -0.05) is 12.5 Å². The fourth-order valence-electron chi connectivity index (χ4n) is 2.79. The molecular weight excluding hydrogens is 293 g/mol. The Hall–Kier alpha value is -1.56. The summed E-state index contributed by atoms with van der Waals surface area (Å²) in [5.41, 5.74) is -0.546. The van der Waals surface area contributed by atoms with Crippen molar-refractivity contribution in [3.8, 4) is 0 Å². The van der Waals surface area contributed by atoms with E-state index in [1.54, 1.807) is 0 Å². The van der Waals surface area contributed by atoms with Gasteiger partial charge in [-0.2, -0.15) is 13.2 Å². The van der Waals surface area contributed by atoms with Gasteiger partial charge < -0.3 is 10.2 Å². The van der Waals surface area contributed by atoms with Crippen LogP contribution >= 0.6 is 0 Å². The van der Waals surface area contributed by atoms with Gasteiger partial charge in [-0.3, -0.25) is 4.79 Å². The number of quaternary nitrogens is 1. The van der Waals surface area contributed by atoms with Crippen molar-refractivity contribution in [1.82, 2.24) is 0 Å². The van der Waals surface area contributed by atoms with Gasteiger partial charge in [-0.05, 0) is 43.9 Å². The summed E-state index contributed by atoms with van der Waals surface area (Å²) >= 11 is 0. The number of amides is 1. The minimum atomic E-state index is -4.39. The predicted molar refractivity (Wildman–Crippen MR) is 78.7 cm³/mol. The van der Waals surface area contributed by atoms with E-state index in [-0.39, 0.29) is 11.6 Å². The fraction of sp³-hybridized carbons (Fsp3) is 0.562.